The Morgan fingerprint density at radius 3 is 2.89 bits per heavy atom. The number of aromatic nitrogens is 2. The summed E-state index contributed by atoms with van der Waals surface area (Å²) in [4.78, 5) is 22.3. The standard InChI is InChI=1S/C20H19N5O2/c1-13-10-14(11-21)2-3-17(13)24-19-15-4-5-22-18(15)16(12-23-19)20(26)25-6-8-27-9-7-25/h2-5,10,12,22H,6-9H2,1H3,(H,23,24). The lowest BCUT2D eigenvalue weighted by molar-refractivity contribution is 0.0304. The van der Waals surface area contributed by atoms with Gasteiger partial charge in [0.1, 0.15) is 5.82 Å². The zero-order valence-electron chi connectivity index (χ0n) is 15.0. The topological polar surface area (TPSA) is 94.0 Å². The normalized spacial score (nSPS) is 14.1. The number of carbonyl (C=O) groups excluding carboxylic acids is 1. The van der Waals surface area contributed by atoms with Crippen LogP contribution < -0.4 is 5.32 Å². The second-order valence-corrected chi connectivity index (χ2v) is 6.46. The third-order valence-electron chi connectivity index (χ3n) is 4.73. The maximum Gasteiger partial charge on any atom is 0.257 e. The monoisotopic (exact) mass is 361 g/mol. The molecule has 1 aromatic carbocycles. The molecule has 2 aromatic heterocycles. The van der Waals surface area contributed by atoms with Crippen LogP contribution in [-0.2, 0) is 4.74 Å². The Kier molecular flexibility index (Phi) is 4.48. The summed E-state index contributed by atoms with van der Waals surface area (Å²) in [6, 6.07) is 9.49. The SMILES string of the molecule is Cc1cc(C#N)ccc1Nc1ncc(C(=O)N2CCOCC2)c2[nH]ccc12. The van der Waals surface area contributed by atoms with E-state index in [1.165, 1.54) is 0 Å². The van der Waals surface area contributed by atoms with E-state index >= 15 is 0 Å². The van der Waals surface area contributed by atoms with Crippen LogP contribution in [0.2, 0.25) is 0 Å². The number of hydrogen-bond acceptors (Lipinski definition) is 5. The number of anilines is 2. The summed E-state index contributed by atoms with van der Waals surface area (Å²) in [7, 11) is 0. The van der Waals surface area contributed by atoms with Gasteiger partial charge in [0.15, 0.2) is 0 Å². The molecule has 7 nitrogen and oxygen atoms in total. The van der Waals surface area contributed by atoms with Gasteiger partial charge in [-0.2, -0.15) is 5.26 Å². The summed E-state index contributed by atoms with van der Waals surface area (Å²) in [6.07, 6.45) is 3.41. The number of amides is 1. The minimum Gasteiger partial charge on any atom is -0.378 e. The first-order valence-corrected chi connectivity index (χ1v) is 8.78. The number of fused-ring (bicyclic) bond motifs is 1. The van der Waals surface area contributed by atoms with Crippen molar-refractivity contribution in [2.24, 2.45) is 0 Å². The highest BCUT2D eigenvalue weighted by Crippen LogP contribution is 2.28. The number of nitrogens with zero attached hydrogens (tertiary/aromatic N) is 3. The molecule has 1 fully saturated rings. The maximum absolute atomic E-state index is 12.9. The number of nitriles is 1. The highest BCUT2D eigenvalue weighted by atomic mass is 16.5. The van der Waals surface area contributed by atoms with Crippen LogP contribution in [0.3, 0.4) is 0 Å². The van der Waals surface area contributed by atoms with Crippen molar-refractivity contribution in [2.45, 2.75) is 6.92 Å². The van der Waals surface area contributed by atoms with Crippen LogP contribution in [0.5, 0.6) is 0 Å². The minimum absolute atomic E-state index is 0.0423. The van der Waals surface area contributed by atoms with Gasteiger partial charge >= 0.3 is 0 Å². The number of carbonyl (C=O) groups is 1. The molecular weight excluding hydrogens is 342 g/mol. The van der Waals surface area contributed by atoms with E-state index in [-0.39, 0.29) is 5.91 Å². The molecule has 0 radical (unpaired) electrons. The second kappa shape index (κ2) is 7.09. The Morgan fingerprint density at radius 2 is 2.15 bits per heavy atom. The highest BCUT2D eigenvalue weighted by molar-refractivity contribution is 6.08. The van der Waals surface area contributed by atoms with E-state index in [9.17, 15) is 4.79 Å². The summed E-state index contributed by atoms with van der Waals surface area (Å²) in [5.74, 6) is 0.622. The molecule has 1 aliphatic rings. The first-order chi connectivity index (χ1) is 13.2. The van der Waals surface area contributed by atoms with Gasteiger partial charge in [0.25, 0.3) is 5.91 Å². The molecular formula is C20H19N5O2. The molecule has 1 aliphatic heterocycles. The fourth-order valence-electron chi connectivity index (χ4n) is 3.25. The number of aryl methyl sites for hydroxylation is 1. The number of H-pyrrole nitrogens is 1. The van der Waals surface area contributed by atoms with Crippen LogP contribution in [0.15, 0.2) is 36.7 Å². The highest BCUT2D eigenvalue weighted by Gasteiger charge is 2.22. The van der Waals surface area contributed by atoms with E-state index in [1.807, 2.05) is 25.1 Å². The molecule has 0 aliphatic carbocycles. The van der Waals surface area contributed by atoms with E-state index in [2.05, 4.69) is 21.4 Å². The largest absolute Gasteiger partial charge is 0.378 e. The lowest BCUT2D eigenvalue weighted by Crippen LogP contribution is -2.40. The van der Waals surface area contributed by atoms with Gasteiger partial charge in [0, 0.05) is 36.6 Å². The van der Waals surface area contributed by atoms with Gasteiger partial charge in [-0.25, -0.2) is 4.98 Å². The van der Waals surface area contributed by atoms with Crippen LogP contribution in [-0.4, -0.2) is 47.1 Å². The molecule has 3 heterocycles. The quantitative estimate of drug-likeness (QED) is 0.748. The lowest BCUT2D eigenvalue weighted by atomic mass is 10.1. The van der Waals surface area contributed by atoms with E-state index < -0.39 is 0 Å². The van der Waals surface area contributed by atoms with Gasteiger partial charge < -0.3 is 19.9 Å². The van der Waals surface area contributed by atoms with Gasteiger partial charge in [-0.3, -0.25) is 4.79 Å². The maximum atomic E-state index is 12.9. The van der Waals surface area contributed by atoms with Crippen LogP contribution in [0.25, 0.3) is 10.9 Å². The molecule has 3 aromatic rings. The van der Waals surface area contributed by atoms with Crippen LogP contribution in [0, 0.1) is 18.3 Å². The predicted molar refractivity (Wildman–Crippen MR) is 102 cm³/mol. The fourth-order valence-corrected chi connectivity index (χ4v) is 3.25. The predicted octanol–water partition coefficient (Wildman–Crippen LogP) is 2.96. The number of nitrogens with one attached hydrogen (secondary N) is 2. The minimum atomic E-state index is -0.0423. The second-order valence-electron chi connectivity index (χ2n) is 6.46. The van der Waals surface area contributed by atoms with Crippen molar-refractivity contribution in [3.8, 4) is 6.07 Å². The molecule has 0 saturated carbocycles. The Balaban J connectivity index is 1.67. The number of morpholine rings is 1. The Hall–Kier alpha value is -3.37. The van der Waals surface area contributed by atoms with Gasteiger partial charge in [-0.1, -0.05) is 0 Å². The molecule has 7 heteroatoms. The number of rotatable bonds is 3. The molecule has 136 valence electrons. The van der Waals surface area contributed by atoms with Gasteiger partial charge in [-0.05, 0) is 36.8 Å². The van der Waals surface area contributed by atoms with Crippen molar-refractivity contribution in [1.82, 2.24) is 14.9 Å². The molecule has 4 rings (SSSR count). The first-order valence-electron chi connectivity index (χ1n) is 8.78. The summed E-state index contributed by atoms with van der Waals surface area (Å²) < 4.78 is 5.32. The summed E-state index contributed by atoms with van der Waals surface area (Å²) >= 11 is 0. The third kappa shape index (κ3) is 3.23. The molecule has 0 spiro atoms. The van der Waals surface area contributed by atoms with E-state index in [0.717, 1.165) is 22.2 Å². The molecule has 1 amide bonds. The Bertz CT molecular complexity index is 1040. The van der Waals surface area contributed by atoms with Crippen LogP contribution in [0.4, 0.5) is 11.5 Å². The smallest absolute Gasteiger partial charge is 0.257 e. The van der Waals surface area contributed by atoms with Crippen molar-refractivity contribution >= 4 is 28.3 Å². The van der Waals surface area contributed by atoms with Gasteiger partial charge in [-0.15, -0.1) is 0 Å². The first kappa shape index (κ1) is 17.1. The average Bonchev–Trinajstić information content (AvgIpc) is 3.20. The number of pyridine rings is 1. The zero-order valence-corrected chi connectivity index (χ0v) is 15.0. The molecule has 0 atom stereocenters. The van der Waals surface area contributed by atoms with E-state index in [0.29, 0.717) is 43.2 Å². The van der Waals surface area contributed by atoms with Crippen molar-refractivity contribution < 1.29 is 9.53 Å². The Morgan fingerprint density at radius 1 is 1.33 bits per heavy atom. The average molecular weight is 361 g/mol. The fraction of sp³-hybridized carbons (Fsp3) is 0.250. The number of aromatic amines is 1. The van der Waals surface area contributed by atoms with Crippen LogP contribution in [0.1, 0.15) is 21.5 Å². The van der Waals surface area contributed by atoms with Crippen molar-refractivity contribution in [3.05, 3.63) is 53.3 Å². The summed E-state index contributed by atoms with van der Waals surface area (Å²) in [5, 5.41) is 13.2. The van der Waals surface area contributed by atoms with Crippen LogP contribution >= 0.6 is 0 Å². The third-order valence-corrected chi connectivity index (χ3v) is 4.73. The molecule has 0 bridgehead atoms. The Labute approximate surface area is 156 Å². The van der Waals surface area contributed by atoms with Crippen molar-refractivity contribution in [2.75, 3.05) is 31.6 Å². The van der Waals surface area contributed by atoms with Crippen molar-refractivity contribution in [3.63, 3.8) is 0 Å². The van der Waals surface area contributed by atoms with E-state index in [4.69, 9.17) is 10.00 Å². The van der Waals surface area contributed by atoms with E-state index in [1.54, 1.807) is 23.4 Å². The molecule has 27 heavy (non-hydrogen) atoms. The zero-order chi connectivity index (χ0) is 18.8. The number of benzene rings is 1. The molecule has 1 saturated heterocycles. The number of hydrogen-bond donors (Lipinski definition) is 2. The van der Waals surface area contributed by atoms with Crippen molar-refractivity contribution in [1.29, 1.82) is 5.26 Å². The molecule has 2 N–H and O–H groups in total. The summed E-state index contributed by atoms with van der Waals surface area (Å²) in [6.45, 7) is 4.24. The van der Waals surface area contributed by atoms with Gasteiger partial charge in [0.05, 0.1) is 35.9 Å². The van der Waals surface area contributed by atoms with Gasteiger partial charge in [0.2, 0.25) is 0 Å². The molecule has 0 unspecified atom stereocenters. The summed E-state index contributed by atoms with van der Waals surface area (Å²) in [5.41, 5.74) is 3.75. The number of ether oxygens (including phenoxy) is 1. The lowest BCUT2D eigenvalue weighted by Gasteiger charge is -2.27.